The molecular weight excluding hydrogens is 568 g/mol. The molecule has 4 atom stereocenters. The molecule has 224 valence electrons. The van der Waals surface area contributed by atoms with Crippen LogP contribution < -0.4 is 4.74 Å². The van der Waals surface area contributed by atoms with Gasteiger partial charge in [0.25, 0.3) is 5.69 Å². The maximum absolute atomic E-state index is 13.4. The maximum atomic E-state index is 13.4. The van der Waals surface area contributed by atoms with Crippen molar-refractivity contribution >= 4 is 35.2 Å². The molecule has 0 bridgehead atoms. The van der Waals surface area contributed by atoms with E-state index in [2.05, 4.69) is 0 Å². The summed E-state index contributed by atoms with van der Waals surface area (Å²) >= 11 is 0. The summed E-state index contributed by atoms with van der Waals surface area (Å²) in [6.07, 6.45) is 4.24. The van der Waals surface area contributed by atoms with Crippen LogP contribution in [0.3, 0.4) is 0 Å². The molecule has 3 aromatic carbocycles. The number of non-ortho nitro benzene ring substituents is 1. The van der Waals surface area contributed by atoms with Gasteiger partial charge in [-0.2, -0.15) is 0 Å². The molecule has 1 saturated heterocycles. The molecule has 1 aliphatic heterocycles. The molecule has 0 N–H and O–H groups in total. The SMILES string of the molecule is CC1C=CCC2C(=O)N(C(Cc3ccccc3)C(=O)OCC(=O)c3ccc(OC(=O)c4ccc([N+](=O)[O-])cc4)cc3)C(=O)C12. The number of carbonyl (C=O) groups excluding carboxylic acids is 5. The smallest absolute Gasteiger partial charge is 0.343 e. The lowest BCUT2D eigenvalue weighted by atomic mass is 9.78. The highest BCUT2D eigenvalue weighted by Gasteiger charge is 2.53. The van der Waals surface area contributed by atoms with E-state index in [-0.39, 0.29) is 34.9 Å². The number of fused-ring (bicyclic) bond motifs is 1. The molecule has 2 amide bonds. The fourth-order valence-corrected chi connectivity index (χ4v) is 5.51. The van der Waals surface area contributed by atoms with Crippen LogP contribution in [-0.4, -0.2) is 52.0 Å². The summed E-state index contributed by atoms with van der Waals surface area (Å²) in [5.74, 6) is -4.10. The average molecular weight is 597 g/mol. The van der Waals surface area contributed by atoms with Gasteiger partial charge >= 0.3 is 11.9 Å². The van der Waals surface area contributed by atoms with Crippen LogP contribution in [0, 0.1) is 27.9 Å². The Kier molecular flexibility index (Phi) is 8.75. The van der Waals surface area contributed by atoms with Crippen molar-refractivity contribution in [2.45, 2.75) is 25.8 Å². The number of ether oxygens (including phenoxy) is 2. The van der Waals surface area contributed by atoms with E-state index in [1.54, 1.807) is 24.3 Å². The highest BCUT2D eigenvalue weighted by Crippen LogP contribution is 2.39. The van der Waals surface area contributed by atoms with E-state index in [1.807, 2.05) is 25.1 Å². The molecule has 5 rings (SSSR count). The van der Waals surface area contributed by atoms with E-state index in [0.29, 0.717) is 6.42 Å². The molecule has 44 heavy (non-hydrogen) atoms. The van der Waals surface area contributed by atoms with Gasteiger partial charge in [-0.25, -0.2) is 9.59 Å². The first kappa shape index (κ1) is 30.0. The first-order valence-electron chi connectivity index (χ1n) is 14.0. The quantitative estimate of drug-likeness (QED) is 0.0633. The first-order valence-corrected chi connectivity index (χ1v) is 14.0. The number of allylic oxidation sites excluding steroid dienone is 2. The van der Waals surface area contributed by atoms with Crippen molar-refractivity contribution in [3.8, 4) is 5.75 Å². The van der Waals surface area contributed by atoms with Gasteiger partial charge in [-0.3, -0.25) is 29.4 Å². The molecular formula is C33H28N2O9. The zero-order valence-corrected chi connectivity index (χ0v) is 23.7. The lowest BCUT2D eigenvalue weighted by Crippen LogP contribution is -2.48. The third-order valence-corrected chi connectivity index (χ3v) is 7.81. The molecule has 1 fully saturated rings. The van der Waals surface area contributed by atoms with Crippen molar-refractivity contribution in [2.75, 3.05) is 6.61 Å². The molecule has 0 radical (unpaired) electrons. The molecule has 4 unspecified atom stereocenters. The van der Waals surface area contributed by atoms with E-state index >= 15 is 0 Å². The van der Waals surface area contributed by atoms with Gasteiger partial charge in [0, 0.05) is 24.1 Å². The number of ketones is 1. The number of imide groups is 1. The Morgan fingerprint density at radius 3 is 2.23 bits per heavy atom. The summed E-state index contributed by atoms with van der Waals surface area (Å²) in [6, 6.07) is 18.2. The second-order valence-electron chi connectivity index (χ2n) is 10.7. The van der Waals surface area contributed by atoms with Crippen molar-refractivity contribution in [3.05, 3.63) is 118 Å². The molecule has 3 aromatic rings. The number of carbonyl (C=O) groups is 5. The second-order valence-corrected chi connectivity index (χ2v) is 10.7. The second kappa shape index (κ2) is 12.8. The Balaban J connectivity index is 1.24. The Hall–Kier alpha value is -5.45. The molecule has 0 saturated carbocycles. The third kappa shape index (κ3) is 6.31. The molecule has 1 heterocycles. The normalized spacial score (nSPS) is 19.7. The standard InChI is InChI=1S/C33H28N2O9/c1-20-6-5-9-26-29(20)31(38)34(30(26)37)27(18-21-7-3-2-4-8-21)33(40)43-19-28(36)22-12-16-25(17-13-22)44-32(39)23-10-14-24(15-11-23)35(41)42/h2-8,10-17,20,26-27,29H,9,18-19H2,1H3. The molecule has 2 aliphatic rings. The van der Waals surface area contributed by atoms with Gasteiger partial charge < -0.3 is 9.47 Å². The largest absolute Gasteiger partial charge is 0.456 e. The highest BCUT2D eigenvalue weighted by molar-refractivity contribution is 6.08. The number of hydrogen-bond acceptors (Lipinski definition) is 9. The van der Waals surface area contributed by atoms with Gasteiger partial charge in [-0.1, -0.05) is 49.4 Å². The Bertz CT molecular complexity index is 1630. The summed E-state index contributed by atoms with van der Waals surface area (Å²) in [7, 11) is 0. The number of benzene rings is 3. The number of Topliss-reactive ketones (excluding diaryl/α,β-unsaturated/α-hetero) is 1. The molecule has 11 heteroatoms. The summed E-state index contributed by atoms with van der Waals surface area (Å²) in [5, 5.41) is 10.8. The average Bonchev–Trinajstić information content (AvgIpc) is 3.29. The van der Waals surface area contributed by atoms with Gasteiger partial charge in [0.2, 0.25) is 11.8 Å². The van der Waals surface area contributed by atoms with Crippen LogP contribution in [0.25, 0.3) is 0 Å². The summed E-state index contributed by atoms with van der Waals surface area (Å²) in [6.45, 7) is 1.24. The first-order chi connectivity index (χ1) is 21.1. The number of likely N-dealkylation sites (tertiary alicyclic amines) is 1. The van der Waals surface area contributed by atoms with Gasteiger partial charge in [0.15, 0.2) is 12.4 Å². The topological polar surface area (TPSA) is 150 Å². The minimum absolute atomic E-state index is 0.0431. The highest BCUT2D eigenvalue weighted by atomic mass is 16.6. The minimum atomic E-state index is -1.23. The third-order valence-electron chi connectivity index (χ3n) is 7.81. The summed E-state index contributed by atoms with van der Waals surface area (Å²) < 4.78 is 10.6. The maximum Gasteiger partial charge on any atom is 0.343 e. The van der Waals surface area contributed by atoms with Crippen molar-refractivity contribution in [3.63, 3.8) is 0 Å². The van der Waals surface area contributed by atoms with E-state index < -0.39 is 58.9 Å². The van der Waals surface area contributed by atoms with E-state index in [0.717, 1.165) is 10.5 Å². The fraction of sp³-hybridized carbons (Fsp3) is 0.242. The molecule has 0 spiro atoms. The van der Waals surface area contributed by atoms with Crippen molar-refractivity contribution in [1.82, 2.24) is 4.90 Å². The number of nitrogens with zero attached hydrogens (tertiary/aromatic N) is 2. The number of rotatable bonds is 10. The zero-order valence-electron chi connectivity index (χ0n) is 23.7. The monoisotopic (exact) mass is 596 g/mol. The predicted molar refractivity (Wildman–Crippen MR) is 155 cm³/mol. The van der Waals surface area contributed by atoms with Gasteiger partial charge in [0.1, 0.15) is 11.8 Å². The van der Waals surface area contributed by atoms with Crippen LogP contribution >= 0.6 is 0 Å². The molecule has 0 aromatic heterocycles. The summed E-state index contributed by atoms with van der Waals surface area (Å²) in [4.78, 5) is 76.7. The predicted octanol–water partition coefficient (Wildman–Crippen LogP) is 4.35. The van der Waals surface area contributed by atoms with Crippen LogP contribution in [0.2, 0.25) is 0 Å². The lowest BCUT2D eigenvalue weighted by molar-refractivity contribution is -0.384. The number of nitro benzene ring substituents is 1. The Labute approximate surface area is 252 Å². The van der Waals surface area contributed by atoms with E-state index in [1.165, 1.54) is 48.5 Å². The molecule has 1 aliphatic carbocycles. The van der Waals surface area contributed by atoms with Gasteiger partial charge in [-0.05, 0) is 54.3 Å². The molecule has 11 nitrogen and oxygen atoms in total. The zero-order chi connectivity index (χ0) is 31.4. The Morgan fingerprint density at radius 1 is 0.932 bits per heavy atom. The van der Waals surface area contributed by atoms with Crippen molar-refractivity contribution in [2.24, 2.45) is 17.8 Å². The lowest BCUT2D eigenvalue weighted by Gasteiger charge is -2.25. The fourth-order valence-electron chi connectivity index (χ4n) is 5.51. The van der Waals surface area contributed by atoms with Gasteiger partial charge in [0.05, 0.1) is 22.3 Å². The van der Waals surface area contributed by atoms with Crippen LogP contribution in [0.15, 0.2) is 91.0 Å². The van der Waals surface area contributed by atoms with Crippen molar-refractivity contribution in [1.29, 1.82) is 0 Å². The number of esters is 2. The van der Waals surface area contributed by atoms with E-state index in [4.69, 9.17) is 9.47 Å². The van der Waals surface area contributed by atoms with E-state index in [9.17, 15) is 34.1 Å². The Morgan fingerprint density at radius 2 is 1.59 bits per heavy atom. The van der Waals surface area contributed by atoms with Crippen LogP contribution in [-0.2, 0) is 25.5 Å². The number of hydrogen-bond donors (Lipinski definition) is 0. The van der Waals surface area contributed by atoms with Crippen LogP contribution in [0.5, 0.6) is 5.75 Å². The van der Waals surface area contributed by atoms with Crippen LogP contribution in [0.4, 0.5) is 5.69 Å². The number of amides is 2. The van der Waals surface area contributed by atoms with Crippen molar-refractivity contribution < 1.29 is 38.4 Å². The summed E-state index contributed by atoms with van der Waals surface area (Å²) in [5.41, 5.74) is 0.834. The van der Waals surface area contributed by atoms with Gasteiger partial charge in [-0.15, -0.1) is 0 Å². The number of nitro groups is 1. The minimum Gasteiger partial charge on any atom is -0.456 e. The van der Waals surface area contributed by atoms with Crippen LogP contribution in [0.1, 0.15) is 39.6 Å².